The number of nitrogens with zero attached hydrogens (tertiary/aromatic N) is 3. The third-order valence-electron chi connectivity index (χ3n) is 2.42. The quantitative estimate of drug-likeness (QED) is 0.814. The minimum atomic E-state index is -1.27. The van der Waals surface area contributed by atoms with Gasteiger partial charge in [-0.15, -0.1) is 5.10 Å². The molecule has 0 aliphatic rings. The smallest absolute Gasteiger partial charge is 0.358 e. The van der Waals surface area contributed by atoms with Crippen molar-refractivity contribution in [2.24, 2.45) is 0 Å². The number of rotatable bonds is 5. The van der Waals surface area contributed by atoms with Crippen LogP contribution in [0.1, 0.15) is 10.5 Å². The van der Waals surface area contributed by atoms with Gasteiger partial charge < -0.3 is 10.4 Å². The van der Waals surface area contributed by atoms with E-state index < -0.39 is 23.4 Å². The van der Waals surface area contributed by atoms with Gasteiger partial charge in [0.1, 0.15) is 5.82 Å². The van der Waals surface area contributed by atoms with Crippen molar-refractivity contribution in [1.82, 2.24) is 15.0 Å². The second-order valence-electron chi connectivity index (χ2n) is 3.84. The first-order valence-corrected chi connectivity index (χ1v) is 5.49. The minimum Gasteiger partial charge on any atom is -0.476 e. The maximum Gasteiger partial charge on any atom is 0.358 e. The molecule has 2 aromatic rings. The number of carboxylic acid groups (broad SMARTS) is 1. The zero-order valence-electron chi connectivity index (χ0n) is 9.98. The predicted octanol–water partition coefficient (Wildman–Crippen LogP) is 1.51. The number of nitrogens with one attached hydrogen (secondary N) is 1. The van der Waals surface area contributed by atoms with E-state index in [-0.39, 0.29) is 24.5 Å². The molecule has 0 fully saturated rings. The molecule has 0 saturated heterocycles. The van der Waals surface area contributed by atoms with Gasteiger partial charge in [0.25, 0.3) is 0 Å². The van der Waals surface area contributed by atoms with Gasteiger partial charge in [0, 0.05) is 18.7 Å². The van der Waals surface area contributed by atoms with E-state index in [1.54, 1.807) is 0 Å². The molecular formula is C11H9F3N4O2. The summed E-state index contributed by atoms with van der Waals surface area (Å²) in [7, 11) is 0. The standard InChI is InChI=1S/C11H9F3N4O2/c12-6-3-8(14)9(4-7(6)13)15-1-2-18-5-10(11(19)20)16-17-18/h3-5,15H,1-2H2,(H,19,20). The third kappa shape index (κ3) is 3.05. The number of aromatic nitrogens is 3. The summed E-state index contributed by atoms with van der Waals surface area (Å²) in [6, 6.07) is 1.14. The second-order valence-corrected chi connectivity index (χ2v) is 3.84. The highest BCUT2D eigenvalue weighted by Gasteiger charge is 2.10. The topological polar surface area (TPSA) is 80.0 Å². The first kappa shape index (κ1) is 13.8. The van der Waals surface area contributed by atoms with Crippen LogP contribution in [0.25, 0.3) is 0 Å². The average molecular weight is 286 g/mol. The summed E-state index contributed by atoms with van der Waals surface area (Å²) in [6.45, 7) is 0.309. The van der Waals surface area contributed by atoms with Gasteiger partial charge in [0.05, 0.1) is 18.4 Å². The second kappa shape index (κ2) is 5.59. The van der Waals surface area contributed by atoms with Gasteiger partial charge in [-0.05, 0) is 0 Å². The van der Waals surface area contributed by atoms with Crippen molar-refractivity contribution < 1.29 is 23.1 Å². The van der Waals surface area contributed by atoms with Crippen LogP contribution in [0.5, 0.6) is 0 Å². The number of carbonyl (C=O) groups is 1. The lowest BCUT2D eigenvalue weighted by Gasteiger charge is -2.07. The van der Waals surface area contributed by atoms with Gasteiger partial charge in [-0.3, -0.25) is 0 Å². The number of benzene rings is 1. The first-order chi connectivity index (χ1) is 9.47. The zero-order chi connectivity index (χ0) is 14.7. The van der Waals surface area contributed by atoms with Gasteiger partial charge >= 0.3 is 5.97 Å². The molecule has 0 unspecified atom stereocenters. The molecule has 0 atom stereocenters. The highest BCUT2D eigenvalue weighted by atomic mass is 19.2. The van der Waals surface area contributed by atoms with Crippen molar-refractivity contribution in [3.63, 3.8) is 0 Å². The van der Waals surface area contributed by atoms with Crippen molar-refractivity contribution in [2.75, 3.05) is 11.9 Å². The van der Waals surface area contributed by atoms with Crippen LogP contribution in [0.4, 0.5) is 18.9 Å². The molecular weight excluding hydrogens is 277 g/mol. The largest absolute Gasteiger partial charge is 0.476 e. The molecule has 0 aliphatic carbocycles. The Hall–Kier alpha value is -2.58. The third-order valence-corrected chi connectivity index (χ3v) is 2.42. The Labute approximate surface area is 110 Å². The predicted molar refractivity (Wildman–Crippen MR) is 61.8 cm³/mol. The summed E-state index contributed by atoms with van der Waals surface area (Å²) < 4.78 is 40.1. The fourth-order valence-corrected chi connectivity index (χ4v) is 1.47. The van der Waals surface area contributed by atoms with Gasteiger partial charge in [-0.25, -0.2) is 22.6 Å². The molecule has 0 saturated carbocycles. The van der Waals surface area contributed by atoms with Crippen LogP contribution >= 0.6 is 0 Å². The summed E-state index contributed by atoms with van der Waals surface area (Å²) in [5.74, 6) is -4.57. The van der Waals surface area contributed by atoms with Crippen LogP contribution < -0.4 is 5.32 Å². The monoisotopic (exact) mass is 286 g/mol. The number of aromatic carboxylic acids is 1. The van der Waals surface area contributed by atoms with E-state index in [0.29, 0.717) is 12.1 Å². The van der Waals surface area contributed by atoms with E-state index in [2.05, 4.69) is 15.6 Å². The molecule has 0 amide bonds. The lowest BCUT2D eigenvalue weighted by molar-refractivity contribution is 0.0690. The molecule has 20 heavy (non-hydrogen) atoms. The van der Waals surface area contributed by atoms with Crippen molar-refractivity contribution in [3.05, 3.63) is 41.5 Å². The average Bonchev–Trinajstić information content (AvgIpc) is 2.84. The van der Waals surface area contributed by atoms with Gasteiger partial charge in [0.15, 0.2) is 17.3 Å². The van der Waals surface area contributed by atoms with Crippen molar-refractivity contribution >= 4 is 11.7 Å². The van der Waals surface area contributed by atoms with Gasteiger partial charge in [0.2, 0.25) is 0 Å². The molecule has 6 nitrogen and oxygen atoms in total. The Morgan fingerprint density at radius 2 is 1.95 bits per heavy atom. The number of halogens is 3. The number of hydrogen-bond donors (Lipinski definition) is 2. The molecule has 1 aromatic carbocycles. The van der Waals surface area contributed by atoms with Crippen molar-refractivity contribution in [2.45, 2.75) is 6.54 Å². The Kier molecular flexibility index (Phi) is 3.87. The van der Waals surface area contributed by atoms with E-state index in [4.69, 9.17) is 5.11 Å². The molecule has 9 heteroatoms. The lowest BCUT2D eigenvalue weighted by Crippen LogP contribution is -2.12. The van der Waals surface area contributed by atoms with Crippen molar-refractivity contribution in [1.29, 1.82) is 0 Å². The zero-order valence-corrected chi connectivity index (χ0v) is 9.98. The van der Waals surface area contributed by atoms with E-state index in [1.807, 2.05) is 0 Å². The van der Waals surface area contributed by atoms with Crippen molar-refractivity contribution in [3.8, 4) is 0 Å². The van der Waals surface area contributed by atoms with Crippen LogP contribution in [0.2, 0.25) is 0 Å². The maximum atomic E-state index is 13.3. The Morgan fingerprint density at radius 3 is 2.60 bits per heavy atom. The minimum absolute atomic E-state index is 0.129. The molecule has 0 bridgehead atoms. The molecule has 1 aromatic heterocycles. The van der Waals surface area contributed by atoms with E-state index in [9.17, 15) is 18.0 Å². The van der Waals surface area contributed by atoms with Crippen LogP contribution in [-0.4, -0.2) is 32.6 Å². The SMILES string of the molecule is O=C(O)c1cn(CCNc2cc(F)c(F)cc2F)nn1. The maximum absolute atomic E-state index is 13.3. The highest BCUT2D eigenvalue weighted by Crippen LogP contribution is 2.18. The normalized spacial score (nSPS) is 10.6. The summed E-state index contributed by atoms with van der Waals surface area (Å²) in [5, 5.41) is 18.1. The Balaban J connectivity index is 1.95. The van der Waals surface area contributed by atoms with E-state index >= 15 is 0 Å². The molecule has 0 radical (unpaired) electrons. The van der Waals surface area contributed by atoms with Gasteiger partial charge in [-0.1, -0.05) is 5.21 Å². The summed E-state index contributed by atoms with van der Waals surface area (Å²) in [4.78, 5) is 10.6. The fourth-order valence-electron chi connectivity index (χ4n) is 1.47. The number of anilines is 1. The summed E-state index contributed by atoms with van der Waals surface area (Å²) in [5.41, 5.74) is -0.411. The van der Waals surface area contributed by atoms with E-state index in [0.717, 1.165) is 0 Å². The van der Waals surface area contributed by atoms with Crippen LogP contribution in [0, 0.1) is 17.5 Å². The molecule has 0 aliphatic heterocycles. The fraction of sp³-hybridized carbons (Fsp3) is 0.182. The number of carboxylic acids is 1. The first-order valence-electron chi connectivity index (χ1n) is 5.49. The molecule has 106 valence electrons. The van der Waals surface area contributed by atoms with Crippen LogP contribution in [-0.2, 0) is 6.54 Å². The van der Waals surface area contributed by atoms with Crippen LogP contribution in [0.15, 0.2) is 18.3 Å². The number of hydrogen-bond acceptors (Lipinski definition) is 4. The van der Waals surface area contributed by atoms with Crippen LogP contribution in [0.3, 0.4) is 0 Å². The summed E-state index contributed by atoms with van der Waals surface area (Å²) in [6.07, 6.45) is 1.20. The summed E-state index contributed by atoms with van der Waals surface area (Å²) >= 11 is 0. The van der Waals surface area contributed by atoms with E-state index in [1.165, 1.54) is 10.9 Å². The Morgan fingerprint density at radius 1 is 1.25 bits per heavy atom. The Bertz CT molecular complexity index is 645. The lowest BCUT2D eigenvalue weighted by atomic mass is 10.3. The molecule has 0 spiro atoms. The molecule has 2 rings (SSSR count). The highest BCUT2D eigenvalue weighted by molar-refractivity contribution is 5.84. The molecule has 1 heterocycles. The molecule has 2 N–H and O–H groups in total. The van der Waals surface area contributed by atoms with Gasteiger partial charge in [-0.2, -0.15) is 0 Å².